The summed E-state index contributed by atoms with van der Waals surface area (Å²) in [5.41, 5.74) is 0.693. The van der Waals surface area contributed by atoms with Crippen molar-refractivity contribution in [3.8, 4) is 5.88 Å². The summed E-state index contributed by atoms with van der Waals surface area (Å²) in [7, 11) is 1.64. The van der Waals surface area contributed by atoms with Gasteiger partial charge < -0.3 is 19.1 Å². The van der Waals surface area contributed by atoms with Gasteiger partial charge in [0.15, 0.2) is 5.78 Å². The number of hydrogen-bond acceptors (Lipinski definition) is 7. The van der Waals surface area contributed by atoms with Crippen molar-refractivity contribution in [1.29, 1.82) is 0 Å². The van der Waals surface area contributed by atoms with E-state index in [2.05, 4.69) is 30.8 Å². The highest BCUT2D eigenvalue weighted by Crippen LogP contribution is 2.46. The molecule has 0 bridgehead atoms. The third-order valence-corrected chi connectivity index (χ3v) is 5.82. The molecular formula is C21H30ClN3O5. The normalized spacial score (nSPS) is 21.1. The number of hydrogen-bond donors (Lipinski definition) is 0. The van der Waals surface area contributed by atoms with Crippen LogP contribution in [0, 0.1) is 5.41 Å². The van der Waals surface area contributed by atoms with Gasteiger partial charge in [-0.2, -0.15) is 0 Å². The molecule has 0 aromatic carbocycles. The average molecular weight is 440 g/mol. The van der Waals surface area contributed by atoms with Crippen molar-refractivity contribution in [3.05, 3.63) is 22.5 Å². The topological polar surface area (TPSA) is 82.9 Å². The Morgan fingerprint density at radius 1 is 1.33 bits per heavy atom. The molecule has 1 aromatic heterocycles. The van der Waals surface area contributed by atoms with Crippen molar-refractivity contribution in [2.24, 2.45) is 5.41 Å². The number of ether oxygens (including phenoxy) is 3. The zero-order chi connectivity index (χ0) is 22.1. The number of carbonyl (C=O) groups excluding carboxylic acids is 2. The number of halogens is 1. The predicted molar refractivity (Wildman–Crippen MR) is 111 cm³/mol. The number of aromatic nitrogens is 2. The smallest absolute Gasteiger partial charge is 0.343 e. The number of Topliss-reactive ketones (excluding diaryl/α,β-unsaturated/α-hetero) is 1. The Morgan fingerprint density at radius 3 is 2.70 bits per heavy atom. The fourth-order valence-electron chi connectivity index (χ4n) is 3.95. The Labute approximate surface area is 182 Å². The van der Waals surface area contributed by atoms with E-state index in [1.165, 1.54) is 0 Å². The lowest BCUT2D eigenvalue weighted by molar-refractivity contribution is -0.141. The lowest BCUT2D eigenvalue weighted by atomic mass is 9.81. The quantitative estimate of drug-likeness (QED) is 0.366. The van der Waals surface area contributed by atoms with Gasteiger partial charge in [-0.1, -0.05) is 32.4 Å². The van der Waals surface area contributed by atoms with Gasteiger partial charge in [-0.15, -0.1) is 5.10 Å². The van der Waals surface area contributed by atoms with Crippen molar-refractivity contribution in [1.82, 2.24) is 14.7 Å². The Balaban J connectivity index is 1.98. The van der Waals surface area contributed by atoms with Gasteiger partial charge >= 0.3 is 5.97 Å². The van der Waals surface area contributed by atoms with Crippen molar-refractivity contribution in [3.63, 3.8) is 0 Å². The molecular weight excluding hydrogens is 410 g/mol. The van der Waals surface area contributed by atoms with Crippen LogP contribution in [0.2, 0.25) is 5.02 Å². The molecule has 9 heteroatoms. The zero-order valence-electron chi connectivity index (χ0n) is 18.2. The number of fused-ring (bicyclic) bond motifs is 3. The molecule has 0 N–H and O–H groups in total. The SMILES string of the molecule is CCOC(=O)C1=CN2C(CC1=O)c1c(Cl)c(OCCCOC)nn1CC2C(C)(C)C. The molecule has 8 nitrogen and oxygen atoms in total. The Kier molecular flexibility index (Phi) is 6.77. The second-order valence-corrected chi connectivity index (χ2v) is 8.99. The minimum atomic E-state index is -0.582. The number of ketones is 1. The molecule has 3 heterocycles. The van der Waals surface area contributed by atoms with Gasteiger partial charge in [-0.05, 0) is 12.3 Å². The minimum Gasteiger partial charge on any atom is -0.475 e. The van der Waals surface area contributed by atoms with E-state index in [0.29, 0.717) is 30.7 Å². The van der Waals surface area contributed by atoms with E-state index in [9.17, 15) is 9.59 Å². The lowest BCUT2D eigenvalue weighted by Crippen LogP contribution is -2.52. The minimum absolute atomic E-state index is 0.00448. The number of esters is 1. The third-order valence-electron chi connectivity index (χ3n) is 5.47. The number of carbonyl (C=O) groups is 2. The van der Waals surface area contributed by atoms with E-state index in [1.807, 2.05) is 4.68 Å². The summed E-state index contributed by atoms with van der Waals surface area (Å²) < 4.78 is 17.8. The van der Waals surface area contributed by atoms with E-state index >= 15 is 0 Å². The van der Waals surface area contributed by atoms with Crippen LogP contribution in [0.1, 0.15) is 52.3 Å². The Bertz CT molecular complexity index is 842. The van der Waals surface area contributed by atoms with E-state index in [1.54, 1.807) is 20.2 Å². The van der Waals surface area contributed by atoms with Gasteiger partial charge in [-0.25, -0.2) is 4.79 Å². The van der Waals surface area contributed by atoms with Crippen LogP contribution in [-0.2, 0) is 25.6 Å². The van der Waals surface area contributed by atoms with Crippen LogP contribution >= 0.6 is 11.6 Å². The standard InChI is InChI=1S/C21H30ClN3O5/c1-6-29-20(27)13-11-24-14(10-15(13)26)18-17(22)19(30-9-7-8-28-5)23-25(18)12-16(24)21(2,3)4/h11,14,16H,6-10,12H2,1-5H3. The highest BCUT2D eigenvalue weighted by molar-refractivity contribution is 6.32. The molecule has 30 heavy (non-hydrogen) atoms. The van der Waals surface area contributed by atoms with Gasteiger partial charge in [0.1, 0.15) is 10.6 Å². The van der Waals surface area contributed by atoms with Gasteiger partial charge in [0.25, 0.3) is 5.88 Å². The van der Waals surface area contributed by atoms with Crippen molar-refractivity contribution < 1.29 is 23.8 Å². The molecule has 2 aliphatic rings. The molecule has 0 aliphatic carbocycles. The van der Waals surface area contributed by atoms with Crippen LogP contribution in [0.3, 0.4) is 0 Å². The summed E-state index contributed by atoms with van der Waals surface area (Å²) in [5, 5.41) is 5.00. The summed E-state index contributed by atoms with van der Waals surface area (Å²) in [6.45, 7) is 9.91. The summed E-state index contributed by atoms with van der Waals surface area (Å²) in [5.74, 6) is -0.471. The molecule has 0 amide bonds. The highest BCUT2D eigenvalue weighted by atomic mass is 35.5. The first kappa shape index (κ1) is 22.6. The van der Waals surface area contributed by atoms with Crippen LogP contribution in [0.5, 0.6) is 5.88 Å². The maximum Gasteiger partial charge on any atom is 0.343 e. The number of nitrogens with zero attached hydrogens (tertiary/aromatic N) is 3. The summed E-state index contributed by atoms with van der Waals surface area (Å²) in [6.07, 6.45) is 2.50. The van der Waals surface area contributed by atoms with Crippen LogP contribution in [0.15, 0.2) is 11.8 Å². The van der Waals surface area contributed by atoms with Crippen molar-refractivity contribution in [2.75, 3.05) is 26.9 Å². The van der Waals surface area contributed by atoms with Crippen LogP contribution < -0.4 is 4.74 Å². The van der Waals surface area contributed by atoms with Crippen molar-refractivity contribution >= 4 is 23.4 Å². The van der Waals surface area contributed by atoms with Crippen LogP contribution in [-0.4, -0.2) is 59.4 Å². The molecule has 1 aromatic rings. The molecule has 0 radical (unpaired) electrons. The first-order chi connectivity index (χ1) is 14.2. The van der Waals surface area contributed by atoms with Gasteiger partial charge in [0, 0.05) is 32.8 Å². The Hall–Kier alpha value is -2.06. The van der Waals surface area contributed by atoms with E-state index < -0.39 is 5.97 Å². The summed E-state index contributed by atoms with van der Waals surface area (Å²) in [6, 6.07) is -0.310. The largest absolute Gasteiger partial charge is 0.475 e. The molecule has 0 saturated carbocycles. The molecule has 0 fully saturated rings. The fraction of sp³-hybridized carbons (Fsp3) is 0.667. The summed E-state index contributed by atoms with van der Waals surface area (Å²) in [4.78, 5) is 27.2. The van der Waals surface area contributed by atoms with E-state index in [0.717, 1.165) is 12.1 Å². The Morgan fingerprint density at radius 2 is 2.07 bits per heavy atom. The second-order valence-electron chi connectivity index (χ2n) is 8.62. The third kappa shape index (κ3) is 4.34. The predicted octanol–water partition coefficient (Wildman–Crippen LogP) is 3.14. The average Bonchev–Trinajstić information content (AvgIpc) is 2.99. The molecule has 2 aliphatic heterocycles. The molecule has 2 unspecified atom stereocenters. The number of methoxy groups -OCH3 is 1. The fourth-order valence-corrected chi connectivity index (χ4v) is 4.27. The first-order valence-corrected chi connectivity index (χ1v) is 10.6. The van der Waals surface area contributed by atoms with Crippen LogP contribution in [0.25, 0.3) is 0 Å². The number of rotatable bonds is 7. The maximum absolute atomic E-state index is 12.8. The molecule has 0 saturated heterocycles. The maximum atomic E-state index is 12.8. The van der Waals surface area contributed by atoms with Crippen molar-refractivity contribution in [2.45, 2.75) is 59.2 Å². The highest BCUT2D eigenvalue weighted by Gasteiger charge is 2.46. The monoisotopic (exact) mass is 439 g/mol. The second kappa shape index (κ2) is 8.98. The van der Waals surface area contributed by atoms with E-state index in [4.69, 9.17) is 25.8 Å². The van der Waals surface area contributed by atoms with Gasteiger partial charge in [-0.3, -0.25) is 9.48 Å². The molecule has 2 atom stereocenters. The molecule has 166 valence electrons. The van der Waals surface area contributed by atoms with Crippen LogP contribution in [0.4, 0.5) is 0 Å². The van der Waals surface area contributed by atoms with Gasteiger partial charge in [0.2, 0.25) is 0 Å². The van der Waals surface area contributed by atoms with Gasteiger partial charge in [0.05, 0.1) is 37.5 Å². The van der Waals surface area contributed by atoms with E-state index in [-0.39, 0.29) is 41.9 Å². The first-order valence-electron chi connectivity index (χ1n) is 10.3. The lowest BCUT2D eigenvalue weighted by Gasteiger charge is -2.49. The molecule has 3 rings (SSSR count). The summed E-state index contributed by atoms with van der Waals surface area (Å²) >= 11 is 6.64. The zero-order valence-corrected chi connectivity index (χ0v) is 19.0. The molecule has 0 spiro atoms.